The van der Waals surface area contributed by atoms with Crippen LogP contribution in [0.4, 0.5) is 0 Å². The van der Waals surface area contributed by atoms with Crippen molar-refractivity contribution in [2.45, 2.75) is 32.2 Å². The van der Waals surface area contributed by atoms with Gasteiger partial charge in [-0.3, -0.25) is 9.59 Å². The molecule has 0 bridgehead atoms. The van der Waals surface area contributed by atoms with E-state index in [9.17, 15) is 9.59 Å². The normalized spacial score (nSPS) is 19.9. The van der Waals surface area contributed by atoms with Crippen molar-refractivity contribution >= 4 is 11.9 Å². The summed E-state index contributed by atoms with van der Waals surface area (Å²) >= 11 is 0. The Hall–Kier alpha value is -1.10. The Labute approximate surface area is 102 Å². The SMILES string of the molecule is CC(CC(=O)O)C(=O)N(C)C1CCN(C)CC1. The van der Waals surface area contributed by atoms with Gasteiger partial charge in [-0.15, -0.1) is 0 Å². The highest BCUT2D eigenvalue weighted by molar-refractivity contribution is 5.82. The average Bonchev–Trinajstić information content (AvgIpc) is 2.27. The van der Waals surface area contributed by atoms with Crippen LogP contribution in [0.25, 0.3) is 0 Å². The highest BCUT2D eigenvalue weighted by Gasteiger charge is 2.27. The third-order valence-corrected chi connectivity index (χ3v) is 3.49. The molecule has 5 nitrogen and oxygen atoms in total. The molecule has 1 amide bonds. The number of hydrogen-bond acceptors (Lipinski definition) is 3. The molecule has 98 valence electrons. The predicted molar refractivity (Wildman–Crippen MR) is 64.7 cm³/mol. The molecule has 1 heterocycles. The second-order valence-corrected chi connectivity index (χ2v) is 4.98. The molecule has 1 N–H and O–H groups in total. The first-order valence-corrected chi connectivity index (χ1v) is 6.08. The van der Waals surface area contributed by atoms with E-state index < -0.39 is 11.9 Å². The van der Waals surface area contributed by atoms with Crippen molar-refractivity contribution in [1.29, 1.82) is 0 Å². The second kappa shape index (κ2) is 6.00. The lowest BCUT2D eigenvalue weighted by molar-refractivity contribution is -0.144. The maximum Gasteiger partial charge on any atom is 0.304 e. The standard InChI is InChI=1S/C12H22N2O3/c1-9(8-11(15)16)12(17)14(3)10-4-6-13(2)7-5-10/h9-10H,4-8H2,1-3H3,(H,15,16). The molecule has 1 aliphatic rings. The third-order valence-electron chi connectivity index (χ3n) is 3.49. The van der Waals surface area contributed by atoms with Gasteiger partial charge in [0.1, 0.15) is 0 Å². The van der Waals surface area contributed by atoms with Gasteiger partial charge in [-0.25, -0.2) is 0 Å². The molecule has 0 aromatic carbocycles. The van der Waals surface area contributed by atoms with Crippen molar-refractivity contribution in [3.8, 4) is 0 Å². The summed E-state index contributed by atoms with van der Waals surface area (Å²) in [5.41, 5.74) is 0. The number of piperidine rings is 1. The number of nitrogens with zero attached hydrogens (tertiary/aromatic N) is 2. The van der Waals surface area contributed by atoms with Gasteiger partial charge in [-0.1, -0.05) is 6.92 Å². The van der Waals surface area contributed by atoms with E-state index in [0.717, 1.165) is 25.9 Å². The lowest BCUT2D eigenvalue weighted by atomic mass is 10.0. The van der Waals surface area contributed by atoms with Gasteiger partial charge in [0.05, 0.1) is 6.42 Å². The molecule has 1 atom stereocenters. The first-order chi connectivity index (χ1) is 7.91. The number of amides is 1. The van der Waals surface area contributed by atoms with Crippen LogP contribution < -0.4 is 0 Å². The summed E-state index contributed by atoms with van der Waals surface area (Å²) in [7, 11) is 3.86. The summed E-state index contributed by atoms with van der Waals surface area (Å²) in [6.45, 7) is 3.67. The Balaban J connectivity index is 2.48. The van der Waals surface area contributed by atoms with E-state index in [1.807, 2.05) is 0 Å². The zero-order valence-corrected chi connectivity index (χ0v) is 10.8. The fourth-order valence-electron chi connectivity index (χ4n) is 2.26. The van der Waals surface area contributed by atoms with E-state index >= 15 is 0 Å². The minimum absolute atomic E-state index is 0.0537. The van der Waals surface area contributed by atoms with Gasteiger partial charge in [0.15, 0.2) is 0 Å². The monoisotopic (exact) mass is 242 g/mol. The number of likely N-dealkylation sites (tertiary alicyclic amines) is 1. The van der Waals surface area contributed by atoms with E-state index in [2.05, 4.69) is 11.9 Å². The van der Waals surface area contributed by atoms with Gasteiger partial charge >= 0.3 is 5.97 Å². The smallest absolute Gasteiger partial charge is 0.304 e. The van der Waals surface area contributed by atoms with Crippen LogP contribution in [0.2, 0.25) is 0 Å². The summed E-state index contributed by atoms with van der Waals surface area (Å²) in [5, 5.41) is 8.68. The molecule has 0 radical (unpaired) electrons. The number of aliphatic carboxylic acids is 1. The number of hydrogen-bond donors (Lipinski definition) is 1. The number of carboxylic acid groups (broad SMARTS) is 1. The van der Waals surface area contributed by atoms with Crippen molar-refractivity contribution in [1.82, 2.24) is 9.80 Å². The topological polar surface area (TPSA) is 60.9 Å². The van der Waals surface area contributed by atoms with E-state index in [4.69, 9.17) is 5.11 Å². The fraction of sp³-hybridized carbons (Fsp3) is 0.833. The minimum Gasteiger partial charge on any atom is -0.481 e. The molecule has 1 aliphatic heterocycles. The summed E-state index contributed by atoms with van der Waals surface area (Å²) < 4.78 is 0. The van der Waals surface area contributed by atoms with E-state index in [1.54, 1.807) is 18.9 Å². The minimum atomic E-state index is -0.914. The van der Waals surface area contributed by atoms with Crippen molar-refractivity contribution < 1.29 is 14.7 Å². The molecule has 1 saturated heterocycles. The molecule has 1 unspecified atom stereocenters. The molecule has 0 aromatic heterocycles. The van der Waals surface area contributed by atoms with Crippen LogP contribution in [0.15, 0.2) is 0 Å². The van der Waals surface area contributed by atoms with Crippen molar-refractivity contribution in [2.24, 2.45) is 5.92 Å². The average molecular weight is 242 g/mol. The lowest BCUT2D eigenvalue weighted by Crippen LogP contribution is -2.46. The quantitative estimate of drug-likeness (QED) is 0.786. The third kappa shape index (κ3) is 4.00. The van der Waals surface area contributed by atoms with Crippen LogP contribution in [0.5, 0.6) is 0 Å². The second-order valence-electron chi connectivity index (χ2n) is 4.98. The zero-order valence-electron chi connectivity index (χ0n) is 10.8. The molecule has 0 saturated carbocycles. The Morgan fingerprint density at radius 1 is 1.41 bits per heavy atom. The van der Waals surface area contributed by atoms with Crippen LogP contribution >= 0.6 is 0 Å². The molecular weight excluding hydrogens is 220 g/mol. The molecule has 1 rings (SSSR count). The van der Waals surface area contributed by atoms with Gasteiger partial charge < -0.3 is 14.9 Å². The van der Waals surface area contributed by atoms with Crippen molar-refractivity contribution in [2.75, 3.05) is 27.2 Å². The number of carbonyl (C=O) groups is 2. The molecule has 0 aromatic rings. The molecule has 5 heteroatoms. The first-order valence-electron chi connectivity index (χ1n) is 6.08. The first kappa shape index (κ1) is 14.0. The number of carbonyl (C=O) groups excluding carboxylic acids is 1. The maximum absolute atomic E-state index is 12.0. The van der Waals surface area contributed by atoms with Crippen molar-refractivity contribution in [3.63, 3.8) is 0 Å². The fourth-order valence-corrected chi connectivity index (χ4v) is 2.26. The molecule has 1 fully saturated rings. The van der Waals surface area contributed by atoms with Crippen LogP contribution in [-0.2, 0) is 9.59 Å². The molecule has 0 aliphatic carbocycles. The summed E-state index contributed by atoms with van der Waals surface area (Å²) in [6, 6.07) is 0.259. The van der Waals surface area contributed by atoms with Crippen LogP contribution in [0, 0.1) is 5.92 Å². The summed E-state index contributed by atoms with van der Waals surface area (Å²) in [5.74, 6) is -1.40. The van der Waals surface area contributed by atoms with Crippen LogP contribution in [0.3, 0.4) is 0 Å². The van der Waals surface area contributed by atoms with E-state index in [-0.39, 0.29) is 18.4 Å². The number of rotatable bonds is 4. The van der Waals surface area contributed by atoms with E-state index in [1.165, 1.54) is 0 Å². The summed E-state index contributed by atoms with van der Waals surface area (Å²) in [6.07, 6.45) is 1.85. The van der Waals surface area contributed by atoms with Gasteiger partial charge in [-0.05, 0) is 33.0 Å². The number of carboxylic acids is 1. The van der Waals surface area contributed by atoms with Gasteiger partial charge in [-0.2, -0.15) is 0 Å². The molecule has 17 heavy (non-hydrogen) atoms. The Kier molecular flexibility index (Phi) is 4.93. The Bertz CT molecular complexity index is 285. The predicted octanol–water partition coefficient (Wildman–Crippen LogP) is 0.650. The van der Waals surface area contributed by atoms with Gasteiger partial charge in [0.25, 0.3) is 0 Å². The highest BCUT2D eigenvalue weighted by atomic mass is 16.4. The van der Waals surface area contributed by atoms with Crippen molar-refractivity contribution in [3.05, 3.63) is 0 Å². The molecular formula is C12H22N2O3. The maximum atomic E-state index is 12.0. The Morgan fingerprint density at radius 2 is 1.94 bits per heavy atom. The zero-order chi connectivity index (χ0) is 13.0. The Morgan fingerprint density at radius 3 is 2.41 bits per heavy atom. The highest BCUT2D eigenvalue weighted by Crippen LogP contribution is 2.17. The van der Waals surface area contributed by atoms with Gasteiger partial charge in [0.2, 0.25) is 5.91 Å². The molecule has 0 spiro atoms. The van der Waals surface area contributed by atoms with Crippen LogP contribution in [-0.4, -0.2) is 60.0 Å². The van der Waals surface area contributed by atoms with E-state index in [0.29, 0.717) is 0 Å². The summed E-state index contributed by atoms with van der Waals surface area (Å²) in [4.78, 5) is 26.6. The lowest BCUT2D eigenvalue weighted by Gasteiger charge is -2.36. The largest absolute Gasteiger partial charge is 0.481 e. The van der Waals surface area contributed by atoms with Crippen LogP contribution in [0.1, 0.15) is 26.2 Å². The van der Waals surface area contributed by atoms with Gasteiger partial charge in [0, 0.05) is 19.0 Å².